The summed E-state index contributed by atoms with van der Waals surface area (Å²) in [6, 6.07) is 7.56. The van der Waals surface area contributed by atoms with Crippen LogP contribution in [0.2, 0.25) is 0 Å². The molecule has 2 atom stereocenters. The van der Waals surface area contributed by atoms with Gasteiger partial charge in [0.05, 0.1) is 0 Å². The maximum absolute atomic E-state index is 9.32. The van der Waals surface area contributed by atoms with Crippen molar-refractivity contribution in [1.82, 2.24) is 0 Å². The number of anilines is 1. The number of benzene rings is 1. The van der Waals surface area contributed by atoms with Crippen molar-refractivity contribution >= 4 is 5.69 Å². The zero-order valence-corrected chi connectivity index (χ0v) is 7.48. The Morgan fingerprint density at radius 2 is 2.00 bits per heavy atom. The van der Waals surface area contributed by atoms with Crippen molar-refractivity contribution in [2.45, 2.75) is 6.42 Å². The molecule has 1 aromatic rings. The smallest absolute Gasteiger partial charge is 0.117 e. The largest absolute Gasteiger partial charge is 0.508 e. The molecule has 0 aromatic heterocycles. The number of phenols is 1. The number of nitrogens with zero attached hydrogens (tertiary/aromatic N) is 1. The molecular formula is C11H13NO. The Balaban J connectivity index is 1.84. The van der Waals surface area contributed by atoms with Crippen LogP contribution in [0.4, 0.5) is 5.69 Å². The minimum absolute atomic E-state index is 0.373. The number of rotatable bonds is 1. The molecule has 2 nitrogen and oxygen atoms in total. The van der Waals surface area contributed by atoms with E-state index in [-0.39, 0.29) is 0 Å². The Morgan fingerprint density at radius 3 is 2.69 bits per heavy atom. The molecule has 0 spiro atoms. The standard InChI is InChI=1S/C11H13NO/c13-11-3-1-2-10(5-11)12-6-8-4-9(8)7-12/h1-3,5,8-9,13H,4,6-7H2. The fourth-order valence-electron chi connectivity index (χ4n) is 2.30. The fourth-order valence-corrected chi connectivity index (χ4v) is 2.30. The minimum Gasteiger partial charge on any atom is -0.508 e. The molecule has 68 valence electrons. The molecule has 1 saturated heterocycles. The van der Waals surface area contributed by atoms with Crippen LogP contribution in [0, 0.1) is 11.8 Å². The summed E-state index contributed by atoms with van der Waals surface area (Å²) in [4.78, 5) is 2.37. The predicted octanol–water partition coefficient (Wildman–Crippen LogP) is 1.85. The van der Waals surface area contributed by atoms with Gasteiger partial charge in [0.2, 0.25) is 0 Å². The quantitative estimate of drug-likeness (QED) is 0.704. The molecule has 2 heteroatoms. The van der Waals surface area contributed by atoms with Gasteiger partial charge in [0.1, 0.15) is 5.75 Å². The van der Waals surface area contributed by atoms with Crippen LogP contribution in [-0.4, -0.2) is 18.2 Å². The average molecular weight is 175 g/mol. The second-order valence-corrected chi connectivity index (χ2v) is 4.18. The van der Waals surface area contributed by atoms with Crippen molar-refractivity contribution in [3.63, 3.8) is 0 Å². The summed E-state index contributed by atoms with van der Waals surface area (Å²) in [6.45, 7) is 2.38. The van der Waals surface area contributed by atoms with E-state index in [0.29, 0.717) is 5.75 Å². The van der Waals surface area contributed by atoms with Crippen LogP contribution < -0.4 is 4.90 Å². The maximum Gasteiger partial charge on any atom is 0.117 e. The van der Waals surface area contributed by atoms with E-state index in [1.165, 1.54) is 25.2 Å². The molecule has 0 bridgehead atoms. The Hall–Kier alpha value is -1.18. The molecule has 3 rings (SSSR count). The van der Waals surface area contributed by atoms with Gasteiger partial charge in [0.25, 0.3) is 0 Å². The third-order valence-corrected chi connectivity index (χ3v) is 3.17. The average Bonchev–Trinajstić information content (AvgIpc) is 2.74. The summed E-state index contributed by atoms with van der Waals surface area (Å²) >= 11 is 0. The Bertz CT molecular complexity index is 327. The first-order valence-corrected chi connectivity index (χ1v) is 4.87. The fraction of sp³-hybridized carbons (Fsp3) is 0.455. The normalized spacial score (nSPS) is 30.3. The van der Waals surface area contributed by atoms with Crippen molar-refractivity contribution in [1.29, 1.82) is 0 Å². The topological polar surface area (TPSA) is 23.5 Å². The molecule has 1 saturated carbocycles. The molecule has 2 aliphatic rings. The van der Waals surface area contributed by atoms with Crippen LogP contribution >= 0.6 is 0 Å². The summed E-state index contributed by atoms with van der Waals surface area (Å²) in [5.74, 6) is 2.27. The van der Waals surface area contributed by atoms with E-state index in [1.54, 1.807) is 6.07 Å². The highest BCUT2D eigenvalue weighted by Gasteiger charge is 2.44. The highest BCUT2D eigenvalue weighted by molar-refractivity contribution is 5.52. The van der Waals surface area contributed by atoms with Crippen molar-refractivity contribution < 1.29 is 5.11 Å². The molecule has 1 aromatic carbocycles. The van der Waals surface area contributed by atoms with E-state index < -0.39 is 0 Å². The monoisotopic (exact) mass is 175 g/mol. The highest BCUT2D eigenvalue weighted by atomic mass is 16.3. The van der Waals surface area contributed by atoms with Gasteiger partial charge in [-0.1, -0.05) is 6.07 Å². The van der Waals surface area contributed by atoms with Crippen LogP contribution in [0.15, 0.2) is 24.3 Å². The van der Waals surface area contributed by atoms with Gasteiger partial charge in [-0.2, -0.15) is 0 Å². The van der Waals surface area contributed by atoms with E-state index in [9.17, 15) is 5.11 Å². The molecule has 13 heavy (non-hydrogen) atoms. The van der Waals surface area contributed by atoms with Gasteiger partial charge in [-0.25, -0.2) is 0 Å². The second-order valence-electron chi connectivity index (χ2n) is 4.18. The zero-order valence-electron chi connectivity index (χ0n) is 7.48. The zero-order chi connectivity index (χ0) is 8.84. The molecule has 1 heterocycles. The van der Waals surface area contributed by atoms with Crippen LogP contribution in [-0.2, 0) is 0 Å². The first kappa shape index (κ1) is 7.25. The van der Waals surface area contributed by atoms with Gasteiger partial charge in [0, 0.05) is 24.8 Å². The highest BCUT2D eigenvalue weighted by Crippen LogP contribution is 2.46. The molecule has 0 amide bonds. The Kier molecular flexibility index (Phi) is 1.34. The molecule has 2 unspecified atom stereocenters. The van der Waals surface area contributed by atoms with Crippen LogP contribution in [0.3, 0.4) is 0 Å². The summed E-state index contributed by atoms with van der Waals surface area (Å²) in [7, 11) is 0. The van der Waals surface area contributed by atoms with Crippen molar-refractivity contribution in [3.05, 3.63) is 24.3 Å². The minimum atomic E-state index is 0.373. The number of piperidine rings is 1. The summed E-state index contributed by atoms with van der Waals surface area (Å²) in [5, 5.41) is 9.32. The van der Waals surface area contributed by atoms with Crippen LogP contribution in [0.25, 0.3) is 0 Å². The molecule has 1 aliphatic heterocycles. The predicted molar refractivity (Wildman–Crippen MR) is 51.9 cm³/mol. The van der Waals surface area contributed by atoms with E-state index in [2.05, 4.69) is 11.0 Å². The van der Waals surface area contributed by atoms with Gasteiger partial charge in [0.15, 0.2) is 0 Å². The van der Waals surface area contributed by atoms with Crippen LogP contribution in [0.1, 0.15) is 6.42 Å². The lowest BCUT2D eigenvalue weighted by molar-refractivity contribution is 0.475. The first-order valence-electron chi connectivity index (χ1n) is 4.87. The molecular weight excluding hydrogens is 162 g/mol. The van der Waals surface area contributed by atoms with E-state index in [4.69, 9.17) is 0 Å². The SMILES string of the molecule is Oc1cccc(N2CC3CC3C2)c1. The lowest BCUT2D eigenvalue weighted by Gasteiger charge is -2.20. The molecule has 2 fully saturated rings. The van der Waals surface area contributed by atoms with Crippen molar-refractivity contribution in [2.75, 3.05) is 18.0 Å². The van der Waals surface area contributed by atoms with E-state index in [1.807, 2.05) is 12.1 Å². The Morgan fingerprint density at radius 1 is 1.23 bits per heavy atom. The maximum atomic E-state index is 9.32. The third kappa shape index (κ3) is 1.17. The van der Waals surface area contributed by atoms with Gasteiger partial charge in [-0.15, -0.1) is 0 Å². The van der Waals surface area contributed by atoms with E-state index in [0.717, 1.165) is 11.8 Å². The molecule has 1 aliphatic carbocycles. The van der Waals surface area contributed by atoms with Gasteiger partial charge >= 0.3 is 0 Å². The summed E-state index contributed by atoms with van der Waals surface area (Å²) in [6.07, 6.45) is 1.43. The Labute approximate surface area is 77.8 Å². The lowest BCUT2D eigenvalue weighted by Crippen LogP contribution is -2.21. The van der Waals surface area contributed by atoms with Gasteiger partial charge in [-0.3, -0.25) is 0 Å². The summed E-state index contributed by atoms with van der Waals surface area (Å²) < 4.78 is 0. The number of fused-ring (bicyclic) bond motifs is 1. The molecule has 1 N–H and O–H groups in total. The van der Waals surface area contributed by atoms with Crippen molar-refractivity contribution in [2.24, 2.45) is 11.8 Å². The van der Waals surface area contributed by atoms with Crippen molar-refractivity contribution in [3.8, 4) is 5.75 Å². The lowest BCUT2D eigenvalue weighted by atomic mass is 10.2. The number of hydrogen-bond acceptors (Lipinski definition) is 2. The molecule has 0 radical (unpaired) electrons. The van der Waals surface area contributed by atoms with Crippen LogP contribution in [0.5, 0.6) is 5.75 Å². The van der Waals surface area contributed by atoms with E-state index >= 15 is 0 Å². The first-order chi connectivity index (χ1) is 6.33. The van der Waals surface area contributed by atoms with Gasteiger partial charge < -0.3 is 10.0 Å². The summed E-state index contributed by atoms with van der Waals surface area (Å²) in [5.41, 5.74) is 1.17. The number of hydrogen-bond donors (Lipinski definition) is 1. The van der Waals surface area contributed by atoms with Gasteiger partial charge in [-0.05, 0) is 30.4 Å². The number of phenolic OH excluding ortho intramolecular Hbond substituents is 1. The second kappa shape index (κ2) is 2.41. The number of aromatic hydroxyl groups is 1. The third-order valence-electron chi connectivity index (χ3n) is 3.17.